The van der Waals surface area contributed by atoms with Crippen LogP contribution in [0.3, 0.4) is 0 Å². The summed E-state index contributed by atoms with van der Waals surface area (Å²) in [5, 5.41) is 6.49. The minimum absolute atomic E-state index is 0. The van der Waals surface area contributed by atoms with Gasteiger partial charge >= 0.3 is 0 Å². The Kier molecular flexibility index (Phi) is 7.48. The molecule has 0 bridgehead atoms. The van der Waals surface area contributed by atoms with Crippen molar-refractivity contribution < 1.29 is 14.3 Å². The molecular weight excluding hydrogens is 304 g/mol. The molecule has 0 radical (unpaired) electrons. The largest absolute Gasteiger partial charge is 0.497 e. The molecule has 1 aliphatic heterocycles. The maximum atomic E-state index is 12.3. The number of ether oxygens (including phenoxy) is 2. The van der Waals surface area contributed by atoms with Crippen LogP contribution in [0.4, 0.5) is 0 Å². The zero-order valence-corrected chi connectivity index (χ0v) is 14.2. The Balaban J connectivity index is 0.00000242. The number of methoxy groups -OCH3 is 2. The first kappa shape index (κ1) is 18.6. The molecule has 2 rings (SSSR count). The molecule has 0 aliphatic carbocycles. The number of rotatable bonds is 5. The van der Waals surface area contributed by atoms with Crippen LogP contribution in [0.1, 0.15) is 25.3 Å². The zero-order valence-electron chi connectivity index (χ0n) is 13.3. The third-order valence-electron chi connectivity index (χ3n) is 3.95. The van der Waals surface area contributed by atoms with Gasteiger partial charge in [0.2, 0.25) is 5.91 Å². The van der Waals surface area contributed by atoms with Crippen LogP contribution in [-0.2, 0) is 11.2 Å². The van der Waals surface area contributed by atoms with Crippen molar-refractivity contribution in [2.75, 3.05) is 20.8 Å². The smallest absolute Gasteiger partial charge is 0.224 e. The number of nitrogens with one attached hydrogen (secondary N) is 2. The number of benzene rings is 1. The maximum Gasteiger partial charge on any atom is 0.224 e. The molecule has 22 heavy (non-hydrogen) atoms. The number of amides is 1. The van der Waals surface area contributed by atoms with Crippen LogP contribution >= 0.6 is 12.4 Å². The van der Waals surface area contributed by atoms with Gasteiger partial charge in [0.25, 0.3) is 0 Å². The number of carbonyl (C=O) groups is 1. The third-order valence-corrected chi connectivity index (χ3v) is 3.95. The molecule has 1 aromatic rings. The molecule has 2 unspecified atom stereocenters. The molecule has 6 heteroatoms. The summed E-state index contributed by atoms with van der Waals surface area (Å²) in [7, 11) is 3.22. The third kappa shape index (κ3) is 4.78. The monoisotopic (exact) mass is 328 g/mol. The highest BCUT2D eigenvalue weighted by Crippen LogP contribution is 2.24. The Bertz CT molecular complexity index is 496. The van der Waals surface area contributed by atoms with E-state index < -0.39 is 0 Å². The Morgan fingerprint density at radius 1 is 1.36 bits per heavy atom. The lowest BCUT2D eigenvalue weighted by molar-refractivity contribution is -0.121. The van der Waals surface area contributed by atoms with E-state index in [-0.39, 0.29) is 24.4 Å². The summed E-state index contributed by atoms with van der Waals surface area (Å²) >= 11 is 0. The molecule has 1 aromatic carbocycles. The van der Waals surface area contributed by atoms with Gasteiger partial charge in [-0.1, -0.05) is 0 Å². The van der Waals surface area contributed by atoms with Crippen molar-refractivity contribution in [3.8, 4) is 11.5 Å². The summed E-state index contributed by atoms with van der Waals surface area (Å²) in [6.07, 6.45) is 2.41. The summed E-state index contributed by atoms with van der Waals surface area (Å²) < 4.78 is 10.5. The van der Waals surface area contributed by atoms with E-state index in [1.807, 2.05) is 18.2 Å². The van der Waals surface area contributed by atoms with E-state index in [0.717, 1.165) is 30.7 Å². The molecule has 2 N–H and O–H groups in total. The average Bonchev–Trinajstić information content (AvgIpc) is 2.49. The Labute approximate surface area is 138 Å². The van der Waals surface area contributed by atoms with Gasteiger partial charge in [0.1, 0.15) is 11.5 Å². The summed E-state index contributed by atoms with van der Waals surface area (Å²) in [5.74, 6) is 1.45. The highest BCUT2D eigenvalue weighted by Gasteiger charge is 2.22. The van der Waals surface area contributed by atoms with E-state index in [4.69, 9.17) is 9.47 Å². The molecule has 1 fully saturated rings. The van der Waals surface area contributed by atoms with Crippen molar-refractivity contribution in [2.45, 2.75) is 38.3 Å². The predicted molar refractivity (Wildman–Crippen MR) is 89.1 cm³/mol. The first-order chi connectivity index (χ1) is 10.1. The lowest BCUT2D eigenvalue weighted by Gasteiger charge is -2.30. The van der Waals surface area contributed by atoms with Gasteiger partial charge in [-0.25, -0.2) is 0 Å². The zero-order chi connectivity index (χ0) is 15.2. The first-order valence-corrected chi connectivity index (χ1v) is 7.37. The van der Waals surface area contributed by atoms with Crippen molar-refractivity contribution in [3.63, 3.8) is 0 Å². The van der Waals surface area contributed by atoms with Crippen LogP contribution in [0.2, 0.25) is 0 Å². The number of hydrogen-bond donors (Lipinski definition) is 2. The highest BCUT2D eigenvalue weighted by atomic mass is 35.5. The normalized spacial score (nSPS) is 20.7. The second kappa shape index (κ2) is 8.86. The summed E-state index contributed by atoms with van der Waals surface area (Å²) in [6, 6.07) is 6.01. The fourth-order valence-corrected chi connectivity index (χ4v) is 2.69. The molecular formula is C16H25ClN2O3. The fourth-order valence-electron chi connectivity index (χ4n) is 2.69. The molecule has 0 saturated carbocycles. The predicted octanol–water partition coefficient (Wildman–Crippen LogP) is 1.92. The summed E-state index contributed by atoms with van der Waals surface area (Å²) in [5.41, 5.74) is 0.839. The van der Waals surface area contributed by atoms with Gasteiger partial charge in [-0.05, 0) is 44.5 Å². The molecule has 0 aromatic heterocycles. The maximum absolute atomic E-state index is 12.3. The quantitative estimate of drug-likeness (QED) is 0.867. The average molecular weight is 329 g/mol. The molecule has 1 aliphatic rings. The van der Waals surface area contributed by atoms with Crippen molar-refractivity contribution in [3.05, 3.63) is 23.8 Å². The van der Waals surface area contributed by atoms with Crippen molar-refractivity contribution >= 4 is 18.3 Å². The minimum Gasteiger partial charge on any atom is -0.497 e. The van der Waals surface area contributed by atoms with E-state index in [1.54, 1.807) is 14.2 Å². The van der Waals surface area contributed by atoms with Crippen molar-refractivity contribution in [2.24, 2.45) is 0 Å². The van der Waals surface area contributed by atoms with Gasteiger partial charge in [-0.15, -0.1) is 12.4 Å². The first-order valence-electron chi connectivity index (χ1n) is 7.37. The van der Waals surface area contributed by atoms with Gasteiger partial charge in [0.15, 0.2) is 0 Å². The Morgan fingerprint density at radius 2 is 2.14 bits per heavy atom. The van der Waals surface area contributed by atoms with Gasteiger partial charge in [-0.2, -0.15) is 0 Å². The molecule has 5 nitrogen and oxygen atoms in total. The number of carbonyl (C=O) groups excluding carboxylic acids is 1. The Morgan fingerprint density at radius 3 is 2.77 bits per heavy atom. The molecule has 2 atom stereocenters. The number of hydrogen-bond acceptors (Lipinski definition) is 4. The van der Waals surface area contributed by atoms with Crippen LogP contribution in [0.25, 0.3) is 0 Å². The van der Waals surface area contributed by atoms with E-state index in [2.05, 4.69) is 17.6 Å². The molecule has 0 spiro atoms. The van der Waals surface area contributed by atoms with Crippen molar-refractivity contribution in [1.29, 1.82) is 0 Å². The van der Waals surface area contributed by atoms with Crippen molar-refractivity contribution in [1.82, 2.24) is 10.6 Å². The van der Waals surface area contributed by atoms with E-state index in [1.165, 1.54) is 0 Å². The number of piperidine rings is 1. The van der Waals surface area contributed by atoms with E-state index in [9.17, 15) is 4.79 Å². The Hall–Kier alpha value is -1.46. The van der Waals surface area contributed by atoms with Gasteiger partial charge in [0, 0.05) is 17.6 Å². The lowest BCUT2D eigenvalue weighted by atomic mass is 9.99. The number of halogens is 1. The molecule has 124 valence electrons. The van der Waals surface area contributed by atoms with Crippen LogP contribution in [0.5, 0.6) is 11.5 Å². The standard InChI is InChI=1S/C16H24N2O3.ClH/c1-11-14(5-4-8-17-11)18-16(19)10-12-9-13(20-2)6-7-15(12)21-3;/h6-7,9,11,14,17H,4-5,8,10H2,1-3H3,(H,18,19);1H. The summed E-state index contributed by atoms with van der Waals surface area (Å²) in [6.45, 7) is 3.13. The van der Waals surface area contributed by atoms with Gasteiger partial charge in [0.05, 0.1) is 20.6 Å². The summed E-state index contributed by atoms with van der Waals surface area (Å²) in [4.78, 5) is 12.3. The molecule has 1 heterocycles. The van der Waals surface area contributed by atoms with Crippen LogP contribution in [-0.4, -0.2) is 38.8 Å². The lowest BCUT2D eigenvalue weighted by Crippen LogP contribution is -2.52. The van der Waals surface area contributed by atoms with E-state index in [0.29, 0.717) is 18.2 Å². The molecule has 1 amide bonds. The van der Waals surface area contributed by atoms with Crippen LogP contribution in [0.15, 0.2) is 18.2 Å². The van der Waals surface area contributed by atoms with Crippen LogP contribution in [0, 0.1) is 0 Å². The minimum atomic E-state index is 0. The highest BCUT2D eigenvalue weighted by molar-refractivity contribution is 5.85. The van der Waals surface area contributed by atoms with E-state index >= 15 is 0 Å². The molecule has 1 saturated heterocycles. The van der Waals surface area contributed by atoms with Gasteiger partial charge < -0.3 is 20.1 Å². The fraction of sp³-hybridized carbons (Fsp3) is 0.562. The second-order valence-electron chi connectivity index (χ2n) is 5.41. The second-order valence-corrected chi connectivity index (χ2v) is 5.41. The van der Waals surface area contributed by atoms with Gasteiger partial charge in [-0.3, -0.25) is 4.79 Å². The topological polar surface area (TPSA) is 59.6 Å². The van der Waals surface area contributed by atoms with Crippen LogP contribution < -0.4 is 20.1 Å². The SMILES string of the molecule is COc1ccc(OC)c(CC(=O)NC2CCCNC2C)c1.Cl.